The Labute approximate surface area is 118 Å². The van der Waals surface area contributed by atoms with Gasteiger partial charge in [0, 0.05) is 28.5 Å². The predicted molar refractivity (Wildman–Crippen MR) is 79.4 cm³/mol. The Morgan fingerprint density at radius 2 is 2.20 bits per heavy atom. The summed E-state index contributed by atoms with van der Waals surface area (Å²) in [6.07, 6.45) is 1.71. The number of anilines is 2. The van der Waals surface area contributed by atoms with Gasteiger partial charge in [0.15, 0.2) is 0 Å². The SMILES string of the molecule is O=C1Nc2cnc3ccccc3c2N2CCS(=O)CC12. The van der Waals surface area contributed by atoms with Crippen LogP contribution in [-0.2, 0) is 15.6 Å². The summed E-state index contributed by atoms with van der Waals surface area (Å²) >= 11 is 0. The highest BCUT2D eigenvalue weighted by Gasteiger charge is 2.38. The average Bonchev–Trinajstić information content (AvgIpc) is 2.47. The third-order valence-corrected chi connectivity index (χ3v) is 5.20. The molecule has 2 aliphatic heterocycles. The average molecular weight is 287 g/mol. The van der Waals surface area contributed by atoms with E-state index in [-0.39, 0.29) is 11.9 Å². The van der Waals surface area contributed by atoms with Crippen molar-refractivity contribution < 1.29 is 9.00 Å². The molecule has 1 fully saturated rings. The molecule has 2 atom stereocenters. The van der Waals surface area contributed by atoms with Crippen molar-refractivity contribution in [2.24, 2.45) is 0 Å². The molecule has 1 amide bonds. The van der Waals surface area contributed by atoms with Crippen LogP contribution in [0.25, 0.3) is 10.9 Å². The molecular weight excluding hydrogens is 274 g/mol. The maximum atomic E-state index is 12.2. The first-order chi connectivity index (χ1) is 9.74. The standard InChI is InChI=1S/C14H13N3O2S/c18-14-12-8-20(19)6-5-17(12)13-9-3-1-2-4-10(9)15-7-11(13)16-14/h1-4,7,12H,5-6,8H2,(H,16,18). The number of benzene rings is 1. The van der Waals surface area contributed by atoms with Gasteiger partial charge in [-0.05, 0) is 6.07 Å². The Balaban J connectivity index is 1.95. The van der Waals surface area contributed by atoms with Gasteiger partial charge < -0.3 is 10.2 Å². The van der Waals surface area contributed by atoms with E-state index in [0.717, 1.165) is 22.3 Å². The topological polar surface area (TPSA) is 62.3 Å². The number of carbonyl (C=O) groups excluding carboxylic acids is 1. The lowest BCUT2D eigenvalue weighted by Crippen LogP contribution is -2.55. The largest absolute Gasteiger partial charge is 0.356 e. The van der Waals surface area contributed by atoms with E-state index in [1.54, 1.807) is 6.20 Å². The molecule has 102 valence electrons. The van der Waals surface area contributed by atoms with Gasteiger partial charge in [-0.25, -0.2) is 0 Å². The Hall–Kier alpha value is -1.95. The van der Waals surface area contributed by atoms with Crippen molar-refractivity contribution in [2.45, 2.75) is 6.04 Å². The van der Waals surface area contributed by atoms with Crippen molar-refractivity contribution in [2.75, 3.05) is 28.3 Å². The van der Waals surface area contributed by atoms with Gasteiger partial charge in [0.25, 0.3) is 0 Å². The van der Waals surface area contributed by atoms with Crippen LogP contribution in [0.1, 0.15) is 0 Å². The van der Waals surface area contributed by atoms with E-state index in [9.17, 15) is 9.00 Å². The fraction of sp³-hybridized carbons (Fsp3) is 0.286. The van der Waals surface area contributed by atoms with E-state index >= 15 is 0 Å². The highest BCUT2D eigenvalue weighted by molar-refractivity contribution is 7.85. The van der Waals surface area contributed by atoms with Crippen LogP contribution < -0.4 is 10.2 Å². The summed E-state index contributed by atoms with van der Waals surface area (Å²) in [5.41, 5.74) is 2.67. The zero-order valence-electron chi connectivity index (χ0n) is 10.7. The highest BCUT2D eigenvalue weighted by Crippen LogP contribution is 2.38. The molecule has 6 heteroatoms. The Morgan fingerprint density at radius 3 is 3.10 bits per heavy atom. The lowest BCUT2D eigenvalue weighted by molar-refractivity contribution is -0.117. The summed E-state index contributed by atoms with van der Waals surface area (Å²) in [6, 6.07) is 7.57. The zero-order valence-corrected chi connectivity index (χ0v) is 11.5. The molecule has 1 N–H and O–H groups in total. The molecule has 2 aromatic rings. The lowest BCUT2D eigenvalue weighted by Gasteiger charge is -2.40. The highest BCUT2D eigenvalue weighted by atomic mass is 32.2. The molecule has 0 aliphatic carbocycles. The van der Waals surface area contributed by atoms with Gasteiger partial charge in [0.2, 0.25) is 5.91 Å². The van der Waals surface area contributed by atoms with Crippen molar-refractivity contribution >= 4 is 39.0 Å². The summed E-state index contributed by atoms with van der Waals surface area (Å²) in [7, 11) is -0.908. The first-order valence-electron chi connectivity index (χ1n) is 6.54. The Morgan fingerprint density at radius 1 is 1.35 bits per heavy atom. The van der Waals surface area contributed by atoms with Crippen LogP contribution in [0.3, 0.4) is 0 Å². The molecule has 2 aliphatic rings. The quantitative estimate of drug-likeness (QED) is 0.789. The maximum absolute atomic E-state index is 12.2. The molecule has 1 aromatic heterocycles. The minimum Gasteiger partial charge on any atom is -0.356 e. The number of aromatic nitrogens is 1. The number of hydrogen-bond donors (Lipinski definition) is 1. The van der Waals surface area contributed by atoms with Crippen LogP contribution >= 0.6 is 0 Å². The van der Waals surface area contributed by atoms with Gasteiger partial charge in [0.05, 0.1) is 28.8 Å². The summed E-state index contributed by atoms with van der Waals surface area (Å²) in [4.78, 5) is 18.6. The van der Waals surface area contributed by atoms with Crippen LogP contribution in [-0.4, -0.2) is 39.2 Å². The minimum atomic E-state index is -0.908. The molecule has 20 heavy (non-hydrogen) atoms. The van der Waals surface area contributed by atoms with E-state index < -0.39 is 10.8 Å². The van der Waals surface area contributed by atoms with Crippen molar-refractivity contribution in [3.63, 3.8) is 0 Å². The molecule has 0 radical (unpaired) electrons. The Kier molecular flexibility index (Phi) is 2.53. The monoisotopic (exact) mass is 287 g/mol. The van der Waals surface area contributed by atoms with Gasteiger partial charge >= 0.3 is 0 Å². The van der Waals surface area contributed by atoms with Crippen molar-refractivity contribution in [3.8, 4) is 0 Å². The van der Waals surface area contributed by atoms with Gasteiger partial charge in [0.1, 0.15) is 6.04 Å². The molecule has 1 saturated heterocycles. The van der Waals surface area contributed by atoms with E-state index in [2.05, 4.69) is 15.2 Å². The molecule has 5 nitrogen and oxygen atoms in total. The van der Waals surface area contributed by atoms with Crippen LogP contribution in [0.5, 0.6) is 0 Å². The number of carbonyl (C=O) groups is 1. The summed E-state index contributed by atoms with van der Waals surface area (Å²) < 4.78 is 11.7. The first kappa shape index (κ1) is 11.8. The third kappa shape index (κ3) is 1.64. The fourth-order valence-corrected chi connectivity index (χ4v) is 4.18. The van der Waals surface area contributed by atoms with Gasteiger partial charge in [-0.3, -0.25) is 14.0 Å². The van der Waals surface area contributed by atoms with Crippen molar-refractivity contribution in [1.82, 2.24) is 4.98 Å². The number of rotatable bonds is 0. The Bertz CT molecular complexity index is 746. The van der Waals surface area contributed by atoms with Gasteiger partial charge in [-0.2, -0.15) is 0 Å². The number of pyridine rings is 1. The number of hydrogen-bond acceptors (Lipinski definition) is 4. The number of fused-ring (bicyclic) bond motifs is 5. The third-order valence-electron chi connectivity index (χ3n) is 3.87. The smallest absolute Gasteiger partial charge is 0.248 e. The molecule has 4 rings (SSSR count). The molecule has 0 saturated carbocycles. The normalized spacial score (nSPS) is 25.0. The summed E-state index contributed by atoms with van der Waals surface area (Å²) in [6.45, 7) is 0.645. The lowest BCUT2D eigenvalue weighted by atomic mass is 10.1. The summed E-state index contributed by atoms with van der Waals surface area (Å²) in [5.74, 6) is 0.935. The first-order valence-corrected chi connectivity index (χ1v) is 8.03. The number of nitrogens with zero attached hydrogens (tertiary/aromatic N) is 2. The minimum absolute atomic E-state index is 0.0809. The predicted octanol–water partition coefficient (Wildman–Crippen LogP) is 1.12. The van der Waals surface area contributed by atoms with Crippen molar-refractivity contribution in [1.29, 1.82) is 0 Å². The molecule has 3 heterocycles. The second-order valence-electron chi connectivity index (χ2n) is 5.05. The number of para-hydroxylation sites is 1. The number of nitrogens with one attached hydrogen (secondary N) is 1. The maximum Gasteiger partial charge on any atom is 0.248 e. The van der Waals surface area contributed by atoms with E-state index in [0.29, 0.717) is 18.1 Å². The molecule has 0 bridgehead atoms. The second-order valence-corrected chi connectivity index (χ2v) is 6.67. The fourth-order valence-electron chi connectivity index (χ4n) is 2.93. The van der Waals surface area contributed by atoms with Gasteiger partial charge in [-0.1, -0.05) is 18.2 Å². The van der Waals surface area contributed by atoms with Crippen LogP contribution in [0.4, 0.5) is 11.4 Å². The molecule has 2 unspecified atom stereocenters. The van der Waals surface area contributed by atoms with Crippen molar-refractivity contribution in [3.05, 3.63) is 30.5 Å². The molecular formula is C14H13N3O2S. The molecule has 0 spiro atoms. The zero-order chi connectivity index (χ0) is 13.7. The van der Waals surface area contributed by atoms with E-state index in [1.165, 1.54) is 0 Å². The second kappa shape index (κ2) is 4.28. The molecule has 1 aromatic carbocycles. The van der Waals surface area contributed by atoms with E-state index in [1.807, 2.05) is 24.3 Å². The van der Waals surface area contributed by atoms with E-state index in [4.69, 9.17) is 0 Å². The van der Waals surface area contributed by atoms with Crippen LogP contribution in [0, 0.1) is 0 Å². The number of amides is 1. The van der Waals surface area contributed by atoms with Crippen LogP contribution in [0.15, 0.2) is 30.5 Å². The summed E-state index contributed by atoms with van der Waals surface area (Å²) in [5, 5.41) is 3.92. The van der Waals surface area contributed by atoms with Crippen LogP contribution in [0.2, 0.25) is 0 Å². The van der Waals surface area contributed by atoms with Gasteiger partial charge in [-0.15, -0.1) is 0 Å².